The summed E-state index contributed by atoms with van der Waals surface area (Å²) < 4.78 is 0. The quantitative estimate of drug-likeness (QED) is 0.810. The number of hydrogen-bond donors (Lipinski definition) is 0. The second kappa shape index (κ2) is 5.11. The molecule has 1 atom stereocenters. The van der Waals surface area contributed by atoms with Gasteiger partial charge in [-0.05, 0) is 36.9 Å². The third-order valence-corrected chi connectivity index (χ3v) is 4.16. The molecule has 1 aromatic rings. The van der Waals surface area contributed by atoms with Gasteiger partial charge in [-0.3, -0.25) is 4.79 Å². The normalized spacial score (nSPS) is 20.1. The highest BCUT2D eigenvalue weighted by molar-refractivity contribution is 7.99. The zero-order valence-corrected chi connectivity index (χ0v) is 10.7. The van der Waals surface area contributed by atoms with E-state index in [0.29, 0.717) is 10.3 Å². The number of carbonyl (C=O) groups is 1. The molecule has 1 aromatic carbocycles. The van der Waals surface area contributed by atoms with Crippen LogP contribution in [-0.2, 0) is 0 Å². The van der Waals surface area contributed by atoms with Crippen LogP contribution in [0.3, 0.4) is 0 Å². The van der Waals surface area contributed by atoms with Crippen molar-refractivity contribution in [3.63, 3.8) is 0 Å². The van der Waals surface area contributed by atoms with Gasteiger partial charge in [0.1, 0.15) is 0 Å². The van der Waals surface area contributed by atoms with Gasteiger partial charge in [-0.25, -0.2) is 0 Å². The Morgan fingerprint density at radius 3 is 2.69 bits per heavy atom. The summed E-state index contributed by atoms with van der Waals surface area (Å²) in [5, 5.41) is 1.26. The lowest BCUT2D eigenvalue weighted by molar-refractivity contribution is 0.0793. The van der Waals surface area contributed by atoms with Gasteiger partial charge in [-0.1, -0.05) is 11.6 Å². The molecule has 2 nitrogen and oxygen atoms in total. The minimum absolute atomic E-state index is 0.119. The van der Waals surface area contributed by atoms with Crippen LogP contribution in [0.2, 0.25) is 5.02 Å². The van der Waals surface area contributed by atoms with E-state index in [9.17, 15) is 4.79 Å². The van der Waals surface area contributed by atoms with E-state index < -0.39 is 0 Å². The average molecular weight is 256 g/mol. The van der Waals surface area contributed by atoms with Gasteiger partial charge in [0.15, 0.2) is 0 Å². The number of nitrogens with zero attached hydrogens (tertiary/aromatic N) is 1. The lowest BCUT2D eigenvalue weighted by atomic mass is 10.2. The fourth-order valence-electron chi connectivity index (χ4n) is 1.88. The predicted octanol–water partition coefficient (Wildman–Crippen LogP) is 2.92. The summed E-state index contributed by atoms with van der Waals surface area (Å²) in [5.41, 5.74) is 0.728. The van der Waals surface area contributed by atoms with Crippen molar-refractivity contribution in [1.82, 2.24) is 4.90 Å². The molecular formula is C12H14ClNOS. The van der Waals surface area contributed by atoms with Gasteiger partial charge < -0.3 is 4.90 Å². The molecule has 2 rings (SSSR count). The van der Waals surface area contributed by atoms with E-state index >= 15 is 0 Å². The summed E-state index contributed by atoms with van der Waals surface area (Å²) in [6.07, 6.45) is 3.20. The van der Waals surface area contributed by atoms with Gasteiger partial charge in [-0.15, -0.1) is 0 Å². The Kier molecular flexibility index (Phi) is 3.77. The number of carbonyl (C=O) groups excluding carboxylic acids is 1. The van der Waals surface area contributed by atoms with Crippen LogP contribution in [0.15, 0.2) is 24.3 Å². The maximum absolute atomic E-state index is 12.1. The first-order valence-electron chi connectivity index (χ1n) is 5.28. The highest BCUT2D eigenvalue weighted by atomic mass is 35.5. The van der Waals surface area contributed by atoms with Gasteiger partial charge in [0.05, 0.1) is 0 Å². The number of likely N-dealkylation sites (tertiary alicyclic amines) is 1. The Hall–Kier alpha value is -0.670. The lowest BCUT2D eigenvalue weighted by Gasteiger charge is -2.16. The van der Waals surface area contributed by atoms with Crippen LogP contribution in [0.1, 0.15) is 16.8 Å². The maximum Gasteiger partial charge on any atom is 0.253 e. The molecule has 1 heterocycles. The first-order valence-corrected chi connectivity index (χ1v) is 6.95. The third-order valence-electron chi connectivity index (χ3n) is 2.86. The number of thioether (sulfide) groups is 1. The SMILES string of the molecule is CS[C@H]1CCN(C(=O)c2ccc(Cl)cc2)C1. The topological polar surface area (TPSA) is 20.3 Å². The molecule has 16 heavy (non-hydrogen) atoms. The van der Waals surface area contributed by atoms with E-state index in [4.69, 9.17) is 11.6 Å². The minimum atomic E-state index is 0.119. The van der Waals surface area contributed by atoms with Crippen molar-refractivity contribution in [3.8, 4) is 0 Å². The molecule has 1 aliphatic rings. The van der Waals surface area contributed by atoms with E-state index in [1.807, 2.05) is 16.7 Å². The molecular weight excluding hydrogens is 242 g/mol. The molecule has 0 N–H and O–H groups in total. The summed E-state index contributed by atoms with van der Waals surface area (Å²) in [4.78, 5) is 14.0. The smallest absolute Gasteiger partial charge is 0.253 e. The summed E-state index contributed by atoms with van der Waals surface area (Å²) in [6.45, 7) is 1.73. The van der Waals surface area contributed by atoms with Crippen LogP contribution in [-0.4, -0.2) is 35.4 Å². The van der Waals surface area contributed by atoms with E-state index in [2.05, 4.69) is 6.26 Å². The second-order valence-electron chi connectivity index (χ2n) is 3.90. The van der Waals surface area contributed by atoms with Crippen molar-refractivity contribution < 1.29 is 4.79 Å². The molecule has 0 spiro atoms. The standard InChI is InChI=1S/C12H14ClNOS/c1-16-11-6-7-14(8-11)12(15)9-2-4-10(13)5-3-9/h2-5,11H,6-8H2,1H3/t11-/m0/s1. The molecule has 0 aliphatic carbocycles. The summed E-state index contributed by atoms with van der Waals surface area (Å²) in [5.74, 6) is 0.119. The van der Waals surface area contributed by atoms with Crippen molar-refractivity contribution in [1.29, 1.82) is 0 Å². The first-order chi connectivity index (χ1) is 7.70. The molecule has 1 saturated heterocycles. The largest absolute Gasteiger partial charge is 0.337 e. The van der Waals surface area contributed by atoms with Crippen molar-refractivity contribution in [2.75, 3.05) is 19.3 Å². The molecule has 0 aromatic heterocycles. The van der Waals surface area contributed by atoms with Gasteiger partial charge in [0.25, 0.3) is 5.91 Å². The fraction of sp³-hybridized carbons (Fsp3) is 0.417. The Morgan fingerprint density at radius 2 is 2.12 bits per heavy atom. The third kappa shape index (κ3) is 2.53. The summed E-state index contributed by atoms with van der Waals surface area (Å²) in [7, 11) is 0. The zero-order valence-electron chi connectivity index (χ0n) is 9.15. The maximum atomic E-state index is 12.1. The molecule has 0 saturated carbocycles. The van der Waals surface area contributed by atoms with Crippen LogP contribution in [0.25, 0.3) is 0 Å². The number of rotatable bonds is 2. The predicted molar refractivity (Wildman–Crippen MR) is 69.3 cm³/mol. The molecule has 86 valence electrons. The van der Waals surface area contributed by atoms with Crippen LogP contribution < -0.4 is 0 Å². The van der Waals surface area contributed by atoms with Crippen LogP contribution in [0.4, 0.5) is 0 Å². The Labute approximate surface area is 105 Å². The second-order valence-corrected chi connectivity index (χ2v) is 5.48. The first kappa shape index (κ1) is 11.8. The molecule has 1 fully saturated rings. The van der Waals surface area contributed by atoms with E-state index in [1.54, 1.807) is 24.3 Å². The monoisotopic (exact) mass is 255 g/mol. The van der Waals surface area contributed by atoms with Crippen LogP contribution >= 0.6 is 23.4 Å². The van der Waals surface area contributed by atoms with Crippen LogP contribution in [0, 0.1) is 0 Å². The van der Waals surface area contributed by atoms with E-state index in [1.165, 1.54) is 0 Å². The lowest BCUT2D eigenvalue weighted by Crippen LogP contribution is -2.28. The molecule has 1 amide bonds. The van der Waals surface area contributed by atoms with Gasteiger partial charge in [0.2, 0.25) is 0 Å². The Morgan fingerprint density at radius 1 is 1.44 bits per heavy atom. The number of benzene rings is 1. The Bertz CT molecular complexity index is 379. The summed E-state index contributed by atoms with van der Waals surface area (Å²) in [6, 6.07) is 7.10. The van der Waals surface area contributed by atoms with Crippen molar-refractivity contribution >= 4 is 29.3 Å². The average Bonchev–Trinajstić information content (AvgIpc) is 2.77. The highest BCUT2D eigenvalue weighted by Crippen LogP contribution is 2.22. The zero-order chi connectivity index (χ0) is 11.5. The minimum Gasteiger partial charge on any atom is -0.337 e. The molecule has 4 heteroatoms. The van der Waals surface area contributed by atoms with E-state index in [0.717, 1.165) is 25.1 Å². The van der Waals surface area contributed by atoms with Gasteiger partial charge in [0, 0.05) is 28.9 Å². The molecule has 1 aliphatic heterocycles. The van der Waals surface area contributed by atoms with Crippen molar-refractivity contribution in [2.24, 2.45) is 0 Å². The van der Waals surface area contributed by atoms with Gasteiger partial charge in [-0.2, -0.15) is 11.8 Å². The van der Waals surface area contributed by atoms with E-state index in [-0.39, 0.29) is 5.91 Å². The Balaban J connectivity index is 2.05. The van der Waals surface area contributed by atoms with Crippen LogP contribution in [0.5, 0.6) is 0 Å². The number of hydrogen-bond acceptors (Lipinski definition) is 2. The van der Waals surface area contributed by atoms with Crippen molar-refractivity contribution in [2.45, 2.75) is 11.7 Å². The number of amides is 1. The molecule has 0 radical (unpaired) electrons. The fourth-order valence-corrected chi connectivity index (χ4v) is 2.68. The van der Waals surface area contributed by atoms with Crippen molar-refractivity contribution in [3.05, 3.63) is 34.9 Å². The van der Waals surface area contributed by atoms with Gasteiger partial charge >= 0.3 is 0 Å². The number of halogens is 1. The molecule has 0 bridgehead atoms. The highest BCUT2D eigenvalue weighted by Gasteiger charge is 2.25. The summed E-state index contributed by atoms with van der Waals surface area (Å²) >= 11 is 7.63. The molecule has 0 unspecified atom stereocenters.